The Hall–Kier alpha value is -5.61. The van der Waals surface area contributed by atoms with Gasteiger partial charge in [0.2, 0.25) is 5.24 Å². The Morgan fingerprint density at radius 2 is 1.28 bits per heavy atom. The Morgan fingerprint density at radius 1 is 0.705 bits per heavy atom. The summed E-state index contributed by atoms with van der Waals surface area (Å²) in [6, 6.07) is 54.5. The molecule has 0 amide bonds. The second-order valence-electron chi connectivity index (χ2n) is 13.6. The van der Waals surface area contributed by atoms with Gasteiger partial charge < -0.3 is 31.6 Å². The van der Waals surface area contributed by atoms with E-state index in [1.165, 1.54) is 0 Å². The predicted molar refractivity (Wildman–Crippen MR) is 247 cm³/mol. The number of aliphatic hydroxyl groups is 1. The van der Waals surface area contributed by atoms with E-state index in [1.807, 2.05) is 133 Å². The number of fused-ring (bicyclic) bond motifs is 4. The topological polar surface area (TPSA) is 89.9 Å². The average Bonchev–Trinajstić information content (AvgIpc) is 3.27. The van der Waals surface area contributed by atoms with E-state index in [1.54, 1.807) is 21.0 Å². The van der Waals surface area contributed by atoms with E-state index in [0.717, 1.165) is 77.4 Å². The van der Waals surface area contributed by atoms with Crippen molar-refractivity contribution in [2.45, 2.75) is 26.6 Å². The van der Waals surface area contributed by atoms with Gasteiger partial charge in [0.1, 0.15) is 5.75 Å². The third-order valence-corrected chi connectivity index (χ3v) is 9.59. The summed E-state index contributed by atoms with van der Waals surface area (Å²) < 4.78 is 11.2. The molecule has 0 spiro atoms. The first-order valence-corrected chi connectivity index (χ1v) is 19.1. The number of aldehydes is 1. The first kappa shape index (κ1) is 49.7. The van der Waals surface area contributed by atoms with Crippen molar-refractivity contribution in [2.75, 3.05) is 7.11 Å². The van der Waals surface area contributed by atoms with Crippen LogP contribution in [0.2, 0.25) is 0 Å². The Balaban J connectivity index is 0.000000255. The van der Waals surface area contributed by atoms with Crippen LogP contribution in [-0.4, -0.2) is 52.8 Å². The minimum Gasteiger partial charge on any atom is -1.00 e. The van der Waals surface area contributed by atoms with Gasteiger partial charge in [-0.25, -0.2) is 4.79 Å². The summed E-state index contributed by atoms with van der Waals surface area (Å²) in [5.41, 5.74) is 4.33. The molecule has 9 heteroatoms. The molecule has 8 aromatic carbocycles. The summed E-state index contributed by atoms with van der Waals surface area (Å²) >= 11 is 4.87. The van der Waals surface area contributed by atoms with E-state index in [0.29, 0.717) is 11.1 Å². The number of hydrogen-bond donors (Lipinski definition) is 1. The van der Waals surface area contributed by atoms with E-state index < -0.39 is 17.3 Å². The zero-order valence-electron chi connectivity index (χ0n) is 34.2. The van der Waals surface area contributed by atoms with Gasteiger partial charge in [0.25, 0.3) is 0 Å². The molecule has 8 aromatic rings. The molecule has 1 unspecified atom stereocenters. The fourth-order valence-corrected chi connectivity index (χ4v) is 6.16. The van der Waals surface area contributed by atoms with Crippen LogP contribution in [0.15, 0.2) is 182 Å². The number of ether oxygens (including phenoxy) is 2. The first-order chi connectivity index (χ1) is 28.5. The van der Waals surface area contributed by atoms with E-state index in [4.69, 9.17) is 26.2 Å². The van der Waals surface area contributed by atoms with E-state index in [2.05, 4.69) is 43.5 Å². The Kier molecular flexibility index (Phi) is 20.1. The van der Waals surface area contributed by atoms with Gasteiger partial charge in [-0.2, -0.15) is 24.3 Å². The molecule has 0 aliphatic carbocycles. The number of benzene rings is 8. The second-order valence-corrected chi connectivity index (χ2v) is 14.0. The maximum Gasteiger partial charge on any atom is 2.00 e. The fourth-order valence-electron chi connectivity index (χ4n) is 6.16. The molecule has 0 radical (unpaired) electrons. The molecule has 6 nitrogen and oxygen atoms in total. The summed E-state index contributed by atoms with van der Waals surface area (Å²) in [7, 11) is 1.66. The van der Waals surface area contributed by atoms with Gasteiger partial charge in [0.05, 0.1) is 13.7 Å². The minimum absolute atomic E-state index is 0. The van der Waals surface area contributed by atoms with Crippen molar-refractivity contribution < 1.29 is 45.9 Å². The predicted octanol–water partition coefficient (Wildman–Crippen LogP) is 8.95. The Labute approximate surface area is 388 Å². The summed E-state index contributed by atoms with van der Waals surface area (Å²) in [5.74, 6) is 0.405. The molecule has 0 saturated heterocycles. The molecule has 304 valence electrons. The molecular weight excluding hydrogens is 860 g/mol. The standard InChI is InChI=1S/C26H22O3.C11H8O.C11H9O.C4H5ClO.BrH.Mg/c1-17(2)26(27)29-25(24-10-6-8-18-7-4-5-9-23(18)24)21-12-11-20-16-22(28-3)14-13-19(20)15-21;12-8-10-6-3-5-9-4-1-2-7-11(9)10;12-8-9-5-6-10-3-1-2-4-11(10)7-9;1-3(2)4(5)6;;/h4-16,25H,1H2,2-3H3;1-8H;2-7,12H,8H2;1H2,2H3;1H;/q;;-1;;;+2/p-1. The van der Waals surface area contributed by atoms with Crippen molar-refractivity contribution >= 4 is 95.2 Å². The zero-order chi connectivity index (χ0) is 42.3. The molecule has 0 aliphatic heterocycles. The van der Waals surface area contributed by atoms with E-state index >= 15 is 0 Å². The molecule has 0 heterocycles. The number of aliphatic hydroxyl groups excluding tert-OH is 1. The number of hydrogen-bond acceptors (Lipinski definition) is 6. The van der Waals surface area contributed by atoms with E-state index in [-0.39, 0.29) is 46.6 Å². The fraction of sp³-hybridized carbons (Fsp3) is 0.0962. The molecular formula is C52H44BrClMgO6. The van der Waals surface area contributed by atoms with Gasteiger partial charge >= 0.3 is 29.0 Å². The summed E-state index contributed by atoms with van der Waals surface area (Å²) in [6.45, 7) is 10.3. The smallest absolute Gasteiger partial charge is 1.00 e. The van der Waals surface area contributed by atoms with Crippen LogP contribution in [0.5, 0.6) is 5.75 Å². The number of esters is 1. The van der Waals surface area contributed by atoms with Crippen molar-refractivity contribution in [1.29, 1.82) is 0 Å². The third kappa shape index (κ3) is 13.7. The number of halogens is 2. The van der Waals surface area contributed by atoms with Gasteiger partial charge in [-0.15, -0.1) is 16.8 Å². The first-order valence-electron chi connectivity index (χ1n) is 18.7. The van der Waals surface area contributed by atoms with Gasteiger partial charge in [0, 0.05) is 22.3 Å². The second kappa shape index (κ2) is 24.6. The number of carbonyl (C=O) groups is 3. The molecule has 1 N–H and O–H groups in total. The van der Waals surface area contributed by atoms with Crippen LogP contribution >= 0.6 is 11.6 Å². The number of allylic oxidation sites excluding steroid dienone is 1. The van der Waals surface area contributed by atoms with Gasteiger partial charge in [0.15, 0.2) is 12.4 Å². The number of carbonyl (C=O) groups excluding carboxylic acids is 3. The van der Waals surface area contributed by atoms with Crippen molar-refractivity contribution in [2.24, 2.45) is 0 Å². The molecule has 0 aromatic heterocycles. The summed E-state index contributed by atoms with van der Waals surface area (Å²) in [5, 5.41) is 17.2. The maximum absolute atomic E-state index is 12.4. The minimum atomic E-state index is -0.531. The van der Waals surface area contributed by atoms with Crippen molar-refractivity contribution in [3.8, 4) is 5.75 Å². The molecule has 0 aliphatic rings. The average molecular weight is 905 g/mol. The number of methoxy groups -OCH3 is 1. The Morgan fingerprint density at radius 3 is 1.92 bits per heavy atom. The molecule has 0 fully saturated rings. The third-order valence-electron chi connectivity index (χ3n) is 9.27. The van der Waals surface area contributed by atoms with Crippen LogP contribution in [0.3, 0.4) is 0 Å². The Bertz CT molecular complexity index is 2760. The maximum atomic E-state index is 12.4. The monoisotopic (exact) mass is 902 g/mol. The normalized spacial score (nSPS) is 10.4. The number of rotatable bonds is 8. The van der Waals surface area contributed by atoms with Gasteiger partial charge in [-0.3, -0.25) is 9.59 Å². The van der Waals surface area contributed by atoms with Gasteiger partial charge in [-0.05, 0) is 87.1 Å². The quantitative estimate of drug-likeness (QED) is 0.0410. The van der Waals surface area contributed by atoms with Crippen LogP contribution in [0.1, 0.15) is 47.0 Å². The summed E-state index contributed by atoms with van der Waals surface area (Å²) in [6.07, 6.45) is 0.360. The molecule has 61 heavy (non-hydrogen) atoms. The van der Waals surface area contributed by atoms with Crippen LogP contribution in [0.4, 0.5) is 0 Å². The van der Waals surface area contributed by atoms with Crippen LogP contribution in [0, 0.1) is 6.07 Å². The molecule has 1 atom stereocenters. The molecule has 0 saturated carbocycles. The largest absolute Gasteiger partial charge is 2.00 e. The van der Waals surface area contributed by atoms with Crippen LogP contribution in [0.25, 0.3) is 43.1 Å². The molecule has 8 rings (SSSR count). The van der Waals surface area contributed by atoms with Crippen molar-refractivity contribution in [3.63, 3.8) is 0 Å². The molecule has 0 bridgehead atoms. The van der Waals surface area contributed by atoms with Crippen LogP contribution < -0.4 is 21.7 Å². The van der Waals surface area contributed by atoms with Gasteiger partial charge in [-0.1, -0.05) is 128 Å². The van der Waals surface area contributed by atoms with E-state index in [9.17, 15) is 14.4 Å². The summed E-state index contributed by atoms with van der Waals surface area (Å²) in [4.78, 5) is 32.9. The van der Waals surface area contributed by atoms with Crippen molar-refractivity contribution in [1.82, 2.24) is 0 Å². The zero-order valence-corrected chi connectivity index (χ0v) is 38.0. The van der Waals surface area contributed by atoms with Crippen molar-refractivity contribution in [3.05, 3.63) is 210 Å². The van der Waals surface area contributed by atoms with Crippen LogP contribution in [-0.2, 0) is 20.9 Å². The SMILES string of the molecule is C=C(C)C(=O)Cl.C=C(C)C(=O)OC(c1ccc2cc(OC)ccc2c1)c1cccc2ccccc12.O=Cc1cccc2ccccc12.OCc1ccc2c[c-]ccc2c1.[Br-].[Mg+2].